The molecule has 0 bridgehead atoms. The minimum absolute atomic E-state index is 0.0351. The third kappa shape index (κ3) is 5.67. The first-order valence-corrected chi connectivity index (χ1v) is 5.98. The molecule has 2 rings (SSSR count). The van der Waals surface area contributed by atoms with Crippen molar-refractivity contribution >= 4 is 35.1 Å². The van der Waals surface area contributed by atoms with Crippen molar-refractivity contribution in [2.45, 2.75) is 0 Å². The summed E-state index contributed by atoms with van der Waals surface area (Å²) in [6.45, 7) is 0. The molecule has 0 saturated carbocycles. The van der Waals surface area contributed by atoms with Crippen molar-refractivity contribution in [1.29, 1.82) is 0 Å². The van der Waals surface area contributed by atoms with Gasteiger partial charge in [0.05, 0.1) is 7.11 Å². The summed E-state index contributed by atoms with van der Waals surface area (Å²) in [4.78, 5) is 35.2. The Balaban J connectivity index is 0.000000211. The topological polar surface area (TPSA) is 115 Å². The van der Waals surface area contributed by atoms with Gasteiger partial charge in [0.15, 0.2) is 11.4 Å². The Morgan fingerprint density at radius 2 is 1.52 bits per heavy atom. The molecule has 110 valence electrons. The molecule has 2 aromatic rings. The standard InChI is InChI=1S/C6H5ClN2O2.C5H3ClN2O2/c1-11-5(10)4-2-3-8-6(7)9-4;6-5-7-2-1-3(8-5)4(9)10/h2-3H,1H3;1-2H,(H,9,10). The normalized spacial score (nSPS) is 9.29. The Labute approximate surface area is 128 Å². The van der Waals surface area contributed by atoms with Crippen LogP contribution in [0.25, 0.3) is 0 Å². The molecule has 0 radical (unpaired) electrons. The molecular formula is C11H8Cl2N4O4. The van der Waals surface area contributed by atoms with Crippen molar-refractivity contribution in [1.82, 2.24) is 19.9 Å². The molecule has 0 amide bonds. The van der Waals surface area contributed by atoms with Gasteiger partial charge in [0.25, 0.3) is 0 Å². The molecule has 8 nitrogen and oxygen atoms in total. The van der Waals surface area contributed by atoms with E-state index >= 15 is 0 Å². The lowest BCUT2D eigenvalue weighted by molar-refractivity contribution is 0.0593. The number of methoxy groups -OCH3 is 1. The van der Waals surface area contributed by atoms with Gasteiger partial charge < -0.3 is 9.84 Å². The van der Waals surface area contributed by atoms with E-state index in [-0.39, 0.29) is 22.0 Å². The summed E-state index contributed by atoms with van der Waals surface area (Å²) in [5.41, 5.74) is 0.0625. The van der Waals surface area contributed by atoms with Crippen molar-refractivity contribution in [3.8, 4) is 0 Å². The van der Waals surface area contributed by atoms with Crippen LogP contribution < -0.4 is 0 Å². The van der Waals surface area contributed by atoms with Crippen LogP contribution in [0.4, 0.5) is 0 Å². The predicted molar refractivity (Wildman–Crippen MR) is 72.4 cm³/mol. The van der Waals surface area contributed by atoms with Gasteiger partial charge in [-0.3, -0.25) is 0 Å². The predicted octanol–water partition coefficient (Wildman–Crippen LogP) is 1.74. The smallest absolute Gasteiger partial charge is 0.356 e. The zero-order valence-electron chi connectivity index (χ0n) is 10.5. The number of aromatic nitrogens is 4. The van der Waals surface area contributed by atoms with Crippen LogP contribution in [0.15, 0.2) is 24.5 Å². The summed E-state index contributed by atoms with van der Waals surface area (Å²) in [5.74, 6) is -1.63. The second-order valence-electron chi connectivity index (χ2n) is 3.22. The summed E-state index contributed by atoms with van der Waals surface area (Å²) in [5, 5.41) is 8.34. The molecular weight excluding hydrogens is 323 g/mol. The highest BCUT2D eigenvalue weighted by Gasteiger charge is 2.06. The van der Waals surface area contributed by atoms with Crippen molar-refractivity contribution in [2.75, 3.05) is 7.11 Å². The zero-order chi connectivity index (χ0) is 15.8. The van der Waals surface area contributed by atoms with Gasteiger partial charge in [0.1, 0.15) is 0 Å². The first-order valence-electron chi connectivity index (χ1n) is 5.22. The first-order chi connectivity index (χ1) is 9.93. The quantitative estimate of drug-likeness (QED) is 0.653. The van der Waals surface area contributed by atoms with Crippen LogP contribution in [0, 0.1) is 0 Å². The fraction of sp³-hybridized carbons (Fsp3) is 0.0909. The lowest BCUT2D eigenvalue weighted by atomic mass is 10.4. The van der Waals surface area contributed by atoms with E-state index < -0.39 is 11.9 Å². The van der Waals surface area contributed by atoms with Crippen LogP contribution in [0.2, 0.25) is 10.6 Å². The summed E-state index contributed by atoms with van der Waals surface area (Å²) >= 11 is 10.7. The monoisotopic (exact) mass is 330 g/mol. The second-order valence-corrected chi connectivity index (χ2v) is 3.89. The number of hydrogen-bond acceptors (Lipinski definition) is 7. The minimum Gasteiger partial charge on any atom is -0.477 e. The molecule has 0 saturated heterocycles. The highest BCUT2D eigenvalue weighted by atomic mass is 35.5. The summed E-state index contributed by atoms with van der Waals surface area (Å²) in [6.07, 6.45) is 2.68. The molecule has 0 aliphatic carbocycles. The van der Waals surface area contributed by atoms with Crippen LogP contribution in [0.1, 0.15) is 21.0 Å². The molecule has 2 heterocycles. The number of carbonyl (C=O) groups excluding carboxylic acids is 1. The summed E-state index contributed by atoms with van der Waals surface area (Å²) < 4.78 is 4.40. The SMILES string of the molecule is COC(=O)c1ccnc(Cl)n1.O=C(O)c1ccnc(Cl)n1. The van der Waals surface area contributed by atoms with E-state index in [1.165, 1.54) is 31.6 Å². The van der Waals surface area contributed by atoms with Gasteiger partial charge in [-0.2, -0.15) is 0 Å². The van der Waals surface area contributed by atoms with Gasteiger partial charge in [0.2, 0.25) is 10.6 Å². The van der Waals surface area contributed by atoms with Gasteiger partial charge in [-0.05, 0) is 35.3 Å². The number of halogens is 2. The summed E-state index contributed by atoms with van der Waals surface area (Å²) in [6, 6.07) is 2.70. The van der Waals surface area contributed by atoms with E-state index in [0.717, 1.165) is 0 Å². The average Bonchev–Trinajstić information content (AvgIpc) is 2.47. The number of carboxylic acids is 1. The fourth-order valence-electron chi connectivity index (χ4n) is 1.01. The molecule has 0 unspecified atom stereocenters. The lowest BCUT2D eigenvalue weighted by Crippen LogP contribution is -2.04. The Kier molecular flexibility index (Phi) is 6.44. The molecule has 10 heteroatoms. The molecule has 0 atom stereocenters. The van der Waals surface area contributed by atoms with Gasteiger partial charge in [-0.15, -0.1) is 0 Å². The average molecular weight is 331 g/mol. The minimum atomic E-state index is -1.11. The van der Waals surface area contributed by atoms with E-state index in [4.69, 9.17) is 28.3 Å². The molecule has 0 aliphatic rings. The molecule has 1 N–H and O–H groups in total. The third-order valence-electron chi connectivity index (χ3n) is 1.87. The largest absolute Gasteiger partial charge is 0.477 e. The van der Waals surface area contributed by atoms with Crippen molar-refractivity contribution in [3.05, 3.63) is 46.5 Å². The zero-order valence-corrected chi connectivity index (χ0v) is 12.0. The Bertz CT molecular complexity index is 654. The number of carbonyl (C=O) groups is 2. The van der Waals surface area contributed by atoms with Crippen LogP contribution in [0.5, 0.6) is 0 Å². The van der Waals surface area contributed by atoms with Crippen molar-refractivity contribution in [2.24, 2.45) is 0 Å². The van der Waals surface area contributed by atoms with Gasteiger partial charge in [-0.25, -0.2) is 29.5 Å². The highest BCUT2D eigenvalue weighted by molar-refractivity contribution is 6.28. The molecule has 21 heavy (non-hydrogen) atoms. The summed E-state index contributed by atoms with van der Waals surface area (Å²) in [7, 11) is 1.28. The van der Waals surface area contributed by atoms with Crippen LogP contribution in [-0.2, 0) is 4.74 Å². The Morgan fingerprint density at radius 1 is 1.05 bits per heavy atom. The van der Waals surface area contributed by atoms with E-state index in [0.29, 0.717) is 0 Å². The third-order valence-corrected chi connectivity index (χ3v) is 2.23. The fourth-order valence-corrected chi connectivity index (χ4v) is 1.30. The number of rotatable bonds is 2. The number of aromatic carboxylic acids is 1. The maximum atomic E-state index is 10.8. The number of esters is 1. The maximum absolute atomic E-state index is 10.8. The van der Waals surface area contributed by atoms with Crippen LogP contribution in [0.3, 0.4) is 0 Å². The number of ether oxygens (including phenoxy) is 1. The lowest BCUT2D eigenvalue weighted by Gasteiger charge is -1.95. The van der Waals surface area contributed by atoms with E-state index in [1.54, 1.807) is 0 Å². The molecule has 2 aromatic heterocycles. The van der Waals surface area contributed by atoms with E-state index in [1.807, 2.05) is 0 Å². The van der Waals surface area contributed by atoms with Crippen LogP contribution >= 0.6 is 23.2 Å². The maximum Gasteiger partial charge on any atom is 0.356 e. The number of nitrogens with zero attached hydrogens (tertiary/aromatic N) is 4. The number of carboxylic acid groups (broad SMARTS) is 1. The van der Waals surface area contributed by atoms with E-state index in [2.05, 4.69) is 24.7 Å². The highest BCUT2D eigenvalue weighted by Crippen LogP contribution is 2.01. The Morgan fingerprint density at radius 3 is 1.90 bits per heavy atom. The van der Waals surface area contributed by atoms with Gasteiger partial charge >= 0.3 is 11.9 Å². The van der Waals surface area contributed by atoms with Gasteiger partial charge in [-0.1, -0.05) is 0 Å². The molecule has 0 aromatic carbocycles. The van der Waals surface area contributed by atoms with Gasteiger partial charge in [0, 0.05) is 12.4 Å². The van der Waals surface area contributed by atoms with Crippen LogP contribution in [-0.4, -0.2) is 44.1 Å². The van der Waals surface area contributed by atoms with Crippen molar-refractivity contribution < 1.29 is 19.4 Å². The number of hydrogen-bond donors (Lipinski definition) is 1. The van der Waals surface area contributed by atoms with E-state index in [9.17, 15) is 9.59 Å². The Hall–Kier alpha value is -2.32. The van der Waals surface area contributed by atoms with Crippen molar-refractivity contribution in [3.63, 3.8) is 0 Å². The molecule has 0 aliphatic heterocycles. The molecule has 0 fully saturated rings. The second kappa shape index (κ2) is 8.08. The first kappa shape index (κ1) is 16.7. The molecule has 0 spiro atoms.